The number of phenolic OH excluding ortho intramolecular Hbond substituents is 1. The molecule has 2 heterocycles. The highest BCUT2D eigenvalue weighted by Gasteiger charge is 2.26. The predicted molar refractivity (Wildman–Crippen MR) is 94.9 cm³/mol. The zero-order valence-corrected chi connectivity index (χ0v) is 14.0. The van der Waals surface area contributed by atoms with Gasteiger partial charge in [-0.3, -0.25) is 4.79 Å². The number of fused-ring (bicyclic) bond motifs is 1. The van der Waals surface area contributed by atoms with Gasteiger partial charge >= 0.3 is 6.03 Å². The van der Waals surface area contributed by atoms with Crippen molar-refractivity contribution in [2.75, 3.05) is 13.1 Å². The van der Waals surface area contributed by atoms with Crippen molar-refractivity contribution in [2.45, 2.75) is 31.7 Å². The Kier molecular flexibility index (Phi) is 5.11. The lowest BCUT2D eigenvalue weighted by Gasteiger charge is -2.22. The van der Waals surface area contributed by atoms with Crippen LogP contribution in [0.5, 0.6) is 5.75 Å². The molecule has 0 aliphatic carbocycles. The third-order valence-electron chi connectivity index (χ3n) is 4.70. The summed E-state index contributed by atoms with van der Waals surface area (Å²) in [5, 5.41) is 13.4. The molecule has 7 nitrogen and oxygen atoms in total. The number of H-pyrrole nitrogens is 1. The van der Waals surface area contributed by atoms with Crippen molar-refractivity contribution in [2.24, 2.45) is 5.73 Å². The summed E-state index contributed by atoms with van der Waals surface area (Å²) in [7, 11) is 0. The second-order valence-electron chi connectivity index (χ2n) is 6.36. The van der Waals surface area contributed by atoms with E-state index in [2.05, 4.69) is 10.3 Å². The molecule has 1 aliphatic heterocycles. The summed E-state index contributed by atoms with van der Waals surface area (Å²) >= 11 is 0. The number of phenols is 1. The van der Waals surface area contributed by atoms with Crippen LogP contribution in [0.3, 0.4) is 0 Å². The Balaban J connectivity index is 1.45. The van der Waals surface area contributed by atoms with Crippen molar-refractivity contribution >= 4 is 22.8 Å². The van der Waals surface area contributed by atoms with Gasteiger partial charge in [0.25, 0.3) is 0 Å². The number of aromatic hydroxyl groups is 1. The summed E-state index contributed by atoms with van der Waals surface area (Å²) in [6.45, 7) is 1.21. The predicted octanol–water partition coefficient (Wildman–Crippen LogP) is 1.67. The number of rotatable bonds is 6. The Labute approximate surface area is 146 Å². The highest BCUT2D eigenvalue weighted by molar-refractivity contribution is 5.88. The molecule has 133 valence electrons. The number of primary amides is 1. The standard InChI is InChI=1S/C18H23N4O3/c19-18(25)22-9-1-2-13(22)7-8-20-17(24)6-3-12-11-21-16-5-4-14(23)10-15(12)16/h4-6,10-11,13,21,23H,1-3,7-9H2,(H2,19,25)(H,20,24)/t13-/m0/s1. The van der Waals surface area contributed by atoms with Crippen LogP contribution in [0.4, 0.5) is 4.79 Å². The van der Waals surface area contributed by atoms with Gasteiger partial charge in [-0.1, -0.05) is 0 Å². The number of amides is 3. The molecule has 1 aliphatic rings. The van der Waals surface area contributed by atoms with E-state index in [0.29, 0.717) is 25.9 Å². The summed E-state index contributed by atoms with van der Waals surface area (Å²) in [6, 6.07) is 4.85. The molecule has 3 rings (SSSR count). The number of urea groups is 1. The van der Waals surface area contributed by atoms with Crippen molar-refractivity contribution < 1.29 is 14.7 Å². The van der Waals surface area contributed by atoms with Gasteiger partial charge in [-0.25, -0.2) is 4.79 Å². The van der Waals surface area contributed by atoms with E-state index in [1.54, 1.807) is 29.5 Å². The van der Waals surface area contributed by atoms with Gasteiger partial charge in [-0.15, -0.1) is 0 Å². The lowest BCUT2D eigenvalue weighted by atomic mass is 10.1. The number of nitrogens with two attached hydrogens (primary N) is 1. The molecule has 0 saturated carbocycles. The molecule has 0 spiro atoms. The van der Waals surface area contributed by atoms with Gasteiger partial charge < -0.3 is 26.0 Å². The van der Waals surface area contributed by atoms with Gasteiger partial charge in [-0.05, 0) is 49.4 Å². The first-order valence-corrected chi connectivity index (χ1v) is 8.50. The molecule has 1 aromatic carbocycles. The number of nitrogens with one attached hydrogen (secondary N) is 2. The van der Waals surface area contributed by atoms with Gasteiger partial charge in [0.15, 0.2) is 0 Å². The number of aromatic nitrogens is 1. The number of hydrogen-bond acceptors (Lipinski definition) is 3. The fraction of sp³-hybridized carbons (Fsp3) is 0.389. The third-order valence-corrected chi connectivity index (χ3v) is 4.70. The molecule has 1 atom stereocenters. The molecule has 2 aromatic rings. The highest BCUT2D eigenvalue weighted by Crippen LogP contribution is 2.23. The molecular weight excluding hydrogens is 320 g/mol. The molecule has 7 heteroatoms. The highest BCUT2D eigenvalue weighted by atomic mass is 16.3. The van der Waals surface area contributed by atoms with Crippen LogP contribution in [0.2, 0.25) is 0 Å². The summed E-state index contributed by atoms with van der Waals surface area (Å²) in [5.41, 5.74) is 7.23. The normalized spacial score (nSPS) is 17.1. The minimum absolute atomic E-state index is 0.120. The molecule has 0 unspecified atom stereocenters. The fourth-order valence-corrected chi connectivity index (χ4v) is 3.40. The van der Waals surface area contributed by atoms with Crippen molar-refractivity contribution in [3.63, 3.8) is 0 Å². The van der Waals surface area contributed by atoms with E-state index in [0.717, 1.165) is 29.3 Å². The third kappa shape index (κ3) is 4.04. The van der Waals surface area contributed by atoms with Crippen LogP contribution in [0.1, 0.15) is 24.8 Å². The Morgan fingerprint density at radius 3 is 3.08 bits per heavy atom. The molecule has 5 N–H and O–H groups in total. The van der Waals surface area contributed by atoms with Gasteiger partial charge in [0.1, 0.15) is 5.75 Å². The molecule has 25 heavy (non-hydrogen) atoms. The average Bonchev–Trinajstić information content (AvgIpc) is 3.19. The quantitative estimate of drug-likeness (QED) is 0.640. The fourth-order valence-electron chi connectivity index (χ4n) is 3.40. The van der Waals surface area contributed by atoms with Crippen LogP contribution < -0.4 is 11.1 Å². The van der Waals surface area contributed by atoms with Crippen LogP contribution in [0.25, 0.3) is 10.9 Å². The van der Waals surface area contributed by atoms with Crippen molar-refractivity contribution in [1.82, 2.24) is 15.2 Å². The topological polar surface area (TPSA) is 111 Å². The molecule has 1 fully saturated rings. The number of nitrogens with zero attached hydrogens (tertiary/aromatic N) is 1. The van der Waals surface area contributed by atoms with Gasteiger partial charge in [0, 0.05) is 36.2 Å². The average molecular weight is 343 g/mol. The first kappa shape index (κ1) is 17.1. The van der Waals surface area contributed by atoms with Crippen LogP contribution >= 0.6 is 0 Å². The molecular formula is C18H23N4O3. The van der Waals surface area contributed by atoms with Crippen LogP contribution in [0.15, 0.2) is 24.4 Å². The smallest absolute Gasteiger partial charge is 0.315 e. The Hall–Kier alpha value is -2.70. The summed E-state index contributed by atoms with van der Waals surface area (Å²) < 4.78 is 0. The van der Waals surface area contributed by atoms with E-state index in [9.17, 15) is 14.7 Å². The number of hydrogen-bond donors (Lipinski definition) is 4. The van der Waals surface area contributed by atoms with E-state index in [1.807, 2.05) is 6.20 Å². The van der Waals surface area contributed by atoms with Crippen molar-refractivity contribution in [3.05, 3.63) is 36.4 Å². The minimum Gasteiger partial charge on any atom is -0.508 e. The first-order valence-electron chi connectivity index (χ1n) is 8.50. The van der Waals surface area contributed by atoms with E-state index in [4.69, 9.17) is 5.73 Å². The van der Waals surface area contributed by atoms with E-state index >= 15 is 0 Å². The van der Waals surface area contributed by atoms with E-state index in [1.165, 1.54) is 0 Å². The van der Waals surface area contributed by atoms with Crippen LogP contribution in [0, 0.1) is 6.42 Å². The minimum atomic E-state index is -0.386. The van der Waals surface area contributed by atoms with E-state index in [-0.39, 0.29) is 23.7 Å². The summed E-state index contributed by atoms with van der Waals surface area (Å²) in [5.74, 6) is 0.0616. The molecule has 0 bridgehead atoms. The Morgan fingerprint density at radius 1 is 1.44 bits per heavy atom. The summed E-state index contributed by atoms with van der Waals surface area (Å²) in [4.78, 5) is 28.1. The van der Waals surface area contributed by atoms with Gasteiger partial charge in [0.2, 0.25) is 5.91 Å². The van der Waals surface area contributed by atoms with Crippen LogP contribution in [-0.4, -0.2) is 46.1 Å². The van der Waals surface area contributed by atoms with Gasteiger partial charge in [0.05, 0.1) is 6.42 Å². The number of carbonyl (C=O) groups excluding carboxylic acids is 2. The van der Waals surface area contributed by atoms with E-state index < -0.39 is 0 Å². The monoisotopic (exact) mass is 343 g/mol. The number of likely N-dealkylation sites (tertiary alicyclic amines) is 1. The van der Waals surface area contributed by atoms with Crippen molar-refractivity contribution in [3.8, 4) is 5.75 Å². The summed E-state index contributed by atoms with van der Waals surface area (Å²) in [6.07, 6.45) is 6.52. The largest absolute Gasteiger partial charge is 0.508 e. The molecule has 1 radical (unpaired) electrons. The second kappa shape index (κ2) is 7.46. The molecule has 1 aromatic heterocycles. The zero-order chi connectivity index (χ0) is 17.8. The number of aromatic amines is 1. The Morgan fingerprint density at radius 2 is 2.28 bits per heavy atom. The lowest BCUT2D eigenvalue weighted by molar-refractivity contribution is -0.117. The Bertz CT molecular complexity index is 771. The SMILES string of the molecule is NC(=O)N1CCC[C@H]1CCNC(=O)[CH]Cc1c[nH]c2ccc(O)cc12. The second-order valence-corrected chi connectivity index (χ2v) is 6.36. The maximum atomic E-state index is 12.0. The number of benzene rings is 1. The lowest BCUT2D eigenvalue weighted by Crippen LogP contribution is -2.41. The zero-order valence-electron chi connectivity index (χ0n) is 14.0. The maximum Gasteiger partial charge on any atom is 0.315 e. The van der Waals surface area contributed by atoms with Crippen LogP contribution in [-0.2, 0) is 11.2 Å². The maximum absolute atomic E-state index is 12.0. The van der Waals surface area contributed by atoms with Crippen molar-refractivity contribution in [1.29, 1.82) is 0 Å². The number of carbonyl (C=O) groups is 2. The first-order chi connectivity index (χ1) is 12.0. The van der Waals surface area contributed by atoms with Gasteiger partial charge in [-0.2, -0.15) is 0 Å². The molecule has 3 amide bonds. The molecule has 1 saturated heterocycles.